The third kappa shape index (κ3) is 3.06. The van der Waals surface area contributed by atoms with Crippen molar-refractivity contribution in [1.82, 2.24) is 5.32 Å². The van der Waals surface area contributed by atoms with E-state index >= 15 is 0 Å². The normalized spacial score (nSPS) is 18.5. The van der Waals surface area contributed by atoms with Gasteiger partial charge in [-0.25, -0.2) is 0 Å². The smallest absolute Gasteiger partial charge is 0.239 e. The minimum absolute atomic E-state index is 0.0820. The summed E-state index contributed by atoms with van der Waals surface area (Å²) in [6.45, 7) is 4.14. The highest BCUT2D eigenvalue weighted by atomic mass is 32.2. The number of thioether (sulfide) groups is 1. The minimum Gasteiger partial charge on any atom is -0.355 e. The largest absolute Gasteiger partial charge is 0.355 e. The molecule has 0 saturated heterocycles. The molecule has 98 valence electrons. The lowest BCUT2D eigenvalue weighted by Gasteiger charge is -2.18. The Morgan fingerprint density at radius 1 is 1.50 bits per heavy atom. The maximum absolute atomic E-state index is 11.6. The summed E-state index contributed by atoms with van der Waals surface area (Å²) < 4.78 is 0. The fourth-order valence-corrected chi connectivity index (χ4v) is 3.36. The first kappa shape index (κ1) is 13.4. The van der Waals surface area contributed by atoms with Gasteiger partial charge in [0.05, 0.1) is 5.54 Å². The second-order valence-electron chi connectivity index (χ2n) is 5.31. The van der Waals surface area contributed by atoms with Gasteiger partial charge >= 0.3 is 0 Å². The molecule has 2 rings (SSSR count). The molecule has 0 bridgehead atoms. The molecule has 0 fully saturated rings. The van der Waals surface area contributed by atoms with E-state index in [1.54, 1.807) is 13.8 Å². The van der Waals surface area contributed by atoms with Gasteiger partial charge in [-0.15, -0.1) is 11.8 Å². The van der Waals surface area contributed by atoms with Gasteiger partial charge in [-0.2, -0.15) is 0 Å². The lowest BCUT2D eigenvalue weighted by atomic mass is 9.98. The van der Waals surface area contributed by atoms with Crippen molar-refractivity contribution >= 4 is 17.7 Å². The van der Waals surface area contributed by atoms with Crippen LogP contribution in [0.5, 0.6) is 0 Å². The summed E-state index contributed by atoms with van der Waals surface area (Å²) >= 11 is 1.90. The average molecular weight is 264 g/mol. The molecule has 1 unspecified atom stereocenters. The second-order valence-corrected chi connectivity index (χ2v) is 6.37. The molecule has 1 aliphatic rings. The van der Waals surface area contributed by atoms with E-state index in [9.17, 15) is 4.79 Å². The Hall–Kier alpha value is -1.00. The predicted molar refractivity (Wildman–Crippen MR) is 75.8 cm³/mol. The Balaban J connectivity index is 1.85. The van der Waals surface area contributed by atoms with Crippen LogP contribution in [0, 0.1) is 0 Å². The Morgan fingerprint density at radius 3 is 2.94 bits per heavy atom. The van der Waals surface area contributed by atoms with Crippen molar-refractivity contribution in [3.63, 3.8) is 0 Å². The summed E-state index contributed by atoms with van der Waals surface area (Å²) in [5.41, 5.74) is 6.36. The first-order valence-electron chi connectivity index (χ1n) is 6.27. The summed E-state index contributed by atoms with van der Waals surface area (Å²) in [7, 11) is 0. The molecule has 1 aliphatic heterocycles. The Bertz CT molecular complexity index is 440. The molecule has 0 spiro atoms. The monoisotopic (exact) mass is 264 g/mol. The third-order valence-electron chi connectivity index (χ3n) is 3.16. The van der Waals surface area contributed by atoms with Gasteiger partial charge in [0.15, 0.2) is 0 Å². The van der Waals surface area contributed by atoms with Crippen molar-refractivity contribution in [2.24, 2.45) is 5.73 Å². The van der Waals surface area contributed by atoms with Crippen LogP contribution in [0.4, 0.5) is 0 Å². The van der Waals surface area contributed by atoms with Gasteiger partial charge in [0.25, 0.3) is 0 Å². The van der Waals surface area contributed by atoms with Gasteiger partial charge in [-0.1, -0.05) is 18.2 Å². The van der Waals surface area contributed by atoms with Crippen molar-refractivity contribution in [2.75, 3.05) is 12.3 Å². The van der Waals surface area contributed by atoms with Gasteiger partial charge in [-0.3, -0.25) is 4.79 Å². The number of carbonyl (C=O) groups is 1. The molecule has 3 nitrogen and oxygen atoms in total. The van der Waals surface area contributed by atoms with E-state index in [4.69, 9.17) is 5.73 Å². The van der Waals surface area contributed by atoms with E-state index in [-0.39, 0.29) is 5.91 Å². The SMILES string of the molecule is CC(C)(N)C(=O)NCCC1CSc2ccccc21. The van der Waals surface area contributed by atoms with Crippen LogP contribution in [-0.2, 0) is 4.79 Å². The topological polar surface area (TPSA) is 55.1 Å². The van der Waals surface area contributed by atoms with E-state index < -0.39 is 5.54 Å². The zero-order valence-electron chi connectivity index (χ0n) is 10.9. The number of benzene rings is 1. The molecule has 1 aromatic rings. The van der Waals surface area contributed by atoms with Crippen molar-refractivity contribution in [2.45, 2.75) is 36.6 Å². The van der Waals surface area contributed by atoms with Crippen molar-refractivity contribution in [1.29, 1.82) is 0 Å². The van der Waals surface area contributed by atoms with E-state index in [0.29, 0.717) is 12.5 Å². The second kappa shape index (κ2) is 5.33. The highest BCUT2D eigenvalue weighted by Crippen LogP contribution is 2.40. The van der Waals surface area contributed by atoms with Crippen LogP contribution >= 0.6 is 11.8 Å². The molecule has 0 saturated carbocycles. The Kier molecular flexibility index (Phi) is 3.97. The van der Waals surface area contributed by atoms with Crippen molar-refractivity contribution in [3.8, 4) is 0 Å². The molecule has 1 amide bonds. The highest BCUT2D eigenvalue weighted by Gasteiger charge is 2.24. The van der Waals surface area contributed by atoms with Gasteiger partial charge in [-0.05, 0) is 37.8 Å². The number of amides is 1. The molecule has 3 N–H and O–H groups in total. The molecule has 0 aliphatic carbocycles. The summed E-state index contributed by atoms with van der Waals surface area (Å²) in [4.78, 5) is 13.0. The average Bonchev–Trinajstić information content (AvgIpc) is 2.71. The maximum atomic E-state index is 11.6. The van der Waals surface area contributed by atoms with Crippen LogP contribution in [0.1, 0.15) is 31.7 Å². The number of hydrogen-bond donors (Lipinski definition) is 2. The molecular formula is C14H20N2OS. The van der Waals surface area contributed by atoms with Gasteiger partial charge in [0, 0.05) is 17.2 Å². The highest BCUT2D eigenvalue weighted by molar-refractivity contribution is 7.99. The van der Waals surface area contributed by atoms with Crippen LogP contribution in [0.15, 0.2) is 29.2 Å². The minimum atomic E-state index is -0.789. The molecule has 18 heavy (non-hydrogen) atoms. The third-order valence-corrected chi connectivity index (χ3v) is 4.41. The molecular weight excluding hydrogens is 244 g/mol. The zero-order valence-corrected chi connectivity index (χ0v) is 11.7. The number of rotatable bonds is 4. The summed E-state index contributed by atoms with van der Waals surface area (Å²) in [6.07, 6.45) is 0.978. The van der Waals surface area contributed by atoms with Gasteiger partial charge < -0.3 is 11.1 Å². The fraction of sp³-hybridized carbons (Fsp3) is 0.500. The summed E-state index contributed by atoms with van der Waals surface area (Å²) in [5, 5.41) is 2.91. The number of carbonyl (C=O) groups excluding carboxylic acids is 1. The number of nitrogens with two attached hydrogens (primary N) is 1. The van der Waals surface area contributed by atoms with Crippen LogP contribution in [0.2, 0.25) is 0 Å². The Morgan fingerprint density at radius 2 is 2.22 bits per heavy atom. The summed E-state index contributed by atoms with van der Waals surface area (Å²) in [5.74, 6) is 1.58. The van der Waals surface area contributed by atoms with E-state index in [1.165, 1.54) is 10.5 Å². The standard InChI is InChI=1S/C14H20N2OS/c1-14(2,15)13(17)16-8-7-10-9-18-12-6-4-3-5-11(10)12/h3-6,10H,7-9,15H2,1-2H3,(H,16,17). The lowest BCUT2D eigenvalue weighted by Crippen LogP contribution is -2.49. The lowest BCUT2D eigenvalue weighted by molar-refractivity contribution is -0.125. The first-order valence-corrected chi connectivity index (χ1v) is 7.26. The van der Waals surface area contributed by atoms with Gasteiger partial charge in [0.2, 0.25) is 5.91 Å². The molecule has 1 atom stereocenters. The molecule has 1 aromatic carbocycles. The van der Waals surface area contributed by atoms with Crippen LogP contribution < -0.4 is 11.1 Å². The van der Waals surface area contributed by atoms with Crippen LogP contribution in [0.3, 0.4) is 0 Å². The van der Waals surface area contributed by atoms with Crippen LogP contribution in [0.25, 0.3) is 0 Å². The maximum Gasteiger partial charge on any atom is 0.239 e. The zero-order chi connectivity index (χ0) is 13.2. The van der Waals surface area contributed by atoms with E-state index in [2.05, 4.69) is 29.6 Å². The van der Waals surface area contributed by atoms with Crippen molar-refractivity contribution in [3.05, 3.63) is 29.8 Å². The Labute approximate surface area is 113 Å². The van der Waals surface area contributed by atoms with Gasteiger partial charge in [0.1, 0.15) is 0 Å². The van der Waals surface area contributed by atoms with E-state index in [0.717, 1.165) is 12.2 Å². The van der Waals surface area contributed by atoms with E-state index in [1.807, 2.05) is 11.8 Å². The predicted octanol–water partition coefficient (Wildman–Crippen LogP) is 2.12. The van der Waals surface area contributed by atoms with Crippen molar-refractivity contribution < 1.29 is 4.79 Å². The number of hydrogen-bond acceptors (Lipinski definition) is 3. The van der Waals surface area contributed by atoms with Crippen LogP contribution in [-0.4, -0.2) is 23.7 Å². The number of fused-ring (bicyclic) bond motifs is 1. The number of nitrogens with one attached hydrogen (secondary N) is 1. The molecule has 4 heteroatoms. The first-order chi connectivity index (χ1) is 8.48. The quantitative estimate of drug-likeness (QED) is 0.876. The summed E-state index contributed by atoms with van der Waals surface area (Å²) in [6, 6.07) is 8.52. The molecule has 1 heterocycles. The fourth-order valence-electron chi connectivity index (χ4n) is 2.06. The molecule has 0 aromatic heterocycles. The molecule has 0 radical (unpaired) electrons.